The number of nitrogens with zero attached hydrogens (tertiary/aromatic N) is 1. The Labute approximate surface area is 115 Å². The minimum Gasteiger partial charge on any atom is -0.394 e. The summed E-state index contributed by atoms with van der Waals surface area (Å²) in [6.45, 7) is 3.78. The number of nitrogens with two attached hydrogens (primary N) is 1. The minimum atomic E-state index is -1.33. The summed E-state index contributed by atoms with van der Waals surface area (Å²) >= 11 is 0. The molecule has 0 aromatic heterocycles. The van der Waals surface area contributed by atoms with Gasteiger partial charge in [0, 0.05) is 19.6 Å². The molecule has 3 atom stereocenters. The predicted octanol–water partition coefficient (Wildman–Crippen LogP) is -1.10. The quantitative estimate of drug-likeness (QED) is 0.290. The normalized spacial score (nSPS) is 16.6. The number of rotatable bonds is 12. The van der Waals surface area contributed by atoms with Crippen molar-refractivity contribution in [2.45, 2.75) is 50.9 Å². The molecule has 0 aromatic rings. The van der Waals surface area contributed by atoms with Crippen LogP contribution in [0.4, 0.5) is 0 Å². The molecule has 0 spiro atoms. The van der Waals surface area contributed by atoms with E-state index in [1.807, 2.05) is 4.90 Å². The van der Waals surface area contributed by atoms with Crippen molar-refractivity contribution >= 4 is 0 Å². The van der Waals surface area contributed by atoms with Gasteiger partial charge in [-0.1, -0.05) is 26.2 Å². The molecule has 0 aromatic carbocycles. The van der Waals surface area contributed by atoms with Crippen LogP contribution in [0.25, 0.3) is 0 Å². The maximum Gasteiger partial charge on any atom is 0.109 e. The molecule has 0 heterocycles. The standard InChI is InChI=1S/C13H30N2O4/c1-2-3-4-5-7-15(8-6-14)9-11(17)13(19)12(18)10-16/h11-13,16-19H,2-10,14H2,1H3. The van der Waals surface area contributed by atoms with E-state index < -0.39 is 24.9 Å². The van der Waals surface area contributed by atoms with Crippen LogP contribution in [0.2, 0.25) is 0 Å². The van der Waals surface area contributed by atoms with Gasteiger partial charge in [0.25, 0.3) is 0 Å². The van der Waals surface area contributed by atoms with Crippen LogP contribution in [0, 0.1) is 0 Å². The average Bonchev–Trinajstić information content (AvgIpc) is 2.41. The lowest BCUT2D eigenvalue weighted by Gasteiger charge is -2.28. The summed E-state index contributed by atoms with van der Waals surface area (Å²) in [6, 6.07) is 0. The first-order valence-corrected chi connectivity index (χ1v) is 7.14. The fourth-order valence-electron chi connectivity index (χ4n) is 1.98. The molecule has 0 saturated carbocycles. The molecule has 0 aliphatic rings. The van der Waals surface area contributed by atoms with Crippen molar-refractivity contribution in [3.8, 4) is 0 Å². The zero-order valence-electron chi connectivity index (χ0n) is 11.9. The summed E-state index contributed by atoms with van der Waals surface area (Å²) in [7, 11) is 0. The number of aliphatic hydroxyl groups is 4. The zero-order chi connectivity index (χ0) is 14.7. The second kappa shape index (κ2) is 11.6. The third-order valence-corrected chi connectivity index (χ3v) is 3.19. The molecular weight excluding hydrogens is 248 g/mol. The second-order valence-electron chi connectivity index (χ2n) is 4.96. The Morgan fingerprint density at radius 2 is 1.68 bits per heavy atom. The smallest absolute Gasteiger partial charge is 0.109 e. The number of aliphatic hydroxyl groups excluding tert-OH is 4. The van der Waals surface area contributed by atoms with E-state index in [-0.39, 0.29) is 6.54 Å². The highest BCUT2D eigenvalue weighted by Crippen LogP contribution is 2.06. The molecule has 0 fully saturated rings. The molecule has 0 rings (SSSR count). The Kier molecular flexibility index (Phi) is 11.4. The topological polar surface area (TPSA) is 110 Å². The fraction of sp³-hybridized carbons (Fsp3) is 1.00. The van der Waals surface area contributed by atoms with Gasteiger partial charge in [-0.25, -0.2) is 0 Å². The molecule has 3 unspecified atom stereocenters. The van der Waals surface area contributed by atoms with E-state index >= 15 is 0 Å². The molecule has 0 saturated heterocycles. The summed E-state index contributed by atoms with van der Waals surface area (Å²) in [5, 5.41) is 37.4. The molecule has 19 heavy (non-hydrogen) atoms. The van der Waals surface area contributed by atoms with Gasteiger partial charge in [0.2, 0.25) is 0 Å². The molecule has 6 nitrogen and oxygen atoms in total. The van der Waals surface area contributed by atoms with Crippen molar-refractivity contribution in [1.29, 1.82) is 0 Å². The second-order valence-corrected chi connectivity index (χ2v) is 4.96. The van der Waals surface area contributed by atoms with Crippen LogP contribution in [0.1, 0.15) is 32.6 Å². The SMILES string of the molecule is CCCCCCN(CCN)CC(O)C(O)C(O)CO. The lowest BCUT2D eigenvalue weighted by molar-refractivity contribution is -0.0839. The van der Waals surface area contributed by atoms with E-state index in [4.69, 9.17) is 10.8 Å². The fourth-order valence-corrected chi connectivity index (χ4v) is 1.98. The van der Waals surface area contributed by atoms with Crippen molar-refractivity contribution in [1.82, 2.24) is 4.90 Å². The summed E-state index contributed by atoms with van der Waals surface area (Å²) in [5.74, 6) is 0. The van der Waals surface area contributed by atoms with E-state index in [1.54, 1.807) is 0 Å². The van der Waals surface area contributed by atoms with Gasteiger partial charge in [0.1, 0.15) is 12.2 Å². The van der Waals surface area contributed by atoms with Crippen molar-refractivity contribution in [3.05, 3.63) is 0 Å². The van der Waals surface area contributed by atoms with Gasteiger partial charge in [0.15, 0.2) is 0 Å². The van der Waals surface area contributed by atoms with Crippen molar-refractivity contribution in [2.75, 3.05) is 32.8 Å². The largest absolute Gasteiger partial charge is 0.394 e. The Balaban J connectivity index is 4.09. The monoisotopic (exact) mass is 278 g/mol. The summed E-state index contributed by atoms with van der Waals surface area (Å²) in [5.41, 5.74) is 5.52. The molecule has 116 valence electrons. The van der Waals surface area contributed by atoms with Gasteiger partial charge in [-0.15, -0.1) is 0 Å². The van der Waals surface area contributed by atoms with Crippen LogP contribution < -0.4 is 5.73 Å². The van der Waals surface area contributed by atoms with Gasteiger partial charge in [0.05, 0.1) is 12.7 Å². The highest BCUT2D eigenvalue weighted by atomic mass is 16.4. The first-order valence-electron chi connectivity index (χ1n) is 7.14. The van der Waals surface area contributed by atoms with E-state index in [2.05, 4.69) is 6.92 Å². The lowest BCUT2D eigenvalue weighted by atomic mass is 10.1. The Hall–Kier alpha value is -0.240. The van der Waals surface area contributed by atoms with Crippen LogP contribution in [0.5, 0.6) is 0 Å². The molecule has 0 radical (unpaired) electrons. The molecule has 6 N–H and O–H groups in total. The van der Waals surface area contributed by atoms with Crippen LogP contribution in [0.3, 0.4) is 0 Å². The number of hydrogen-bond acceptors (Lipinski definition) is 6. The first kappa shape index (κ1) is 18.8. The highest BCUT2D eigenvalue weighted by molar-refractivity contribution is 4.78. The number of hydrogen-bond donors (Lipinski definition) is 5. The maximum absolute atomic E-state index is 9.82. The Bertz CT molecular complexity index is 207. The van der Waals surface area contributed by atoms with E-state index in [9.17, 15) is 15.3 Å². The Morgan fingerprint density at radius 1 is 1.00 bits per heavy atom. The molecular formula is C13H30N2O4. The predicted molar refractivity (Wildman–Crippen MR) is 74.7 cm³/mol. The molecule has 0 aliphatic carbocycles. The van der Waals surface area contributed by atoms with Gasteiger partial charge in [-0.3, -0.25) is 4.90 Å². The van der Waals surface area contributed by atoms with Gasteiger partial charge < -0.3 is 26.2 Å². The van der Waals surface area contributed by atoms with E-state index in [1.165, 1.54) is 12.8 Å². The van der Waals surface area contributed by atoms with Gasteiger partial charge in [-0.05, 0) is 13.0 Å². The number of unbranched alkanes of at least 4 members (excludes halogenated alkanes) is 3. The van der Waals surface area contributed by atoms with Gasteiger partial charge >= 0.3 is 0 Å². The van der Waals surface area contributed by atoms with Gasteiger partial charge in [-0.2, -0.15) is 0 Å². The first-order chi connectivity index (χ1) is 9.06. The molecule has 0 bridgehead atoms. The highest BCUT2D eigenvalue weighted by Gasteiger charge is 2.25. The zero-order valence-corrected chi connectivity index (χ0v) is 11.9. The molecule has 0 aliphatic heterocycles. The van der Waals surface area contributed by atoms with Crippen LogP contribution in [0.15, 0.2) is 0 Å². The Morgan fingerprint density at radius 3 is 2.21 bits per heavy atom. The summed E-state index contributed by atoms with van der Waals surface area (Å²) in [4.78, 5) is 1.98. The minimum absolute atomic E-state index is 0.252. The average molecular weight is 278 g/mol. The maximum atomic E-state index is 9.82. The third kappa shape index (κ3) is 8.52. The van der Waals surface area contributed by atoms with Crippen LogP contribution in [-0.2, 0) is 0 Å². The lowest BCUT2D eigenvalue weighted by Crippen LogP contribution is -2.47. The van der Waals surface area contributed by atoms with Crippen LogP contribution >= 0.6 is 0 Å². The van der Waals surface area contributed by atoms with Crippen LogP contribution in [-0.4, -0.2) is 76.4 Å². The van der Waals surface area contributed by atoms with E-state index in [0.717, 1.165) is 19.4 Å². The molecule has 6 heteroatoms. The van der Waals surface area contributed by atoms with Crippen molar-refractivity contribution in [2.24, 2.45) is 5.73 Å². The summed E-state index contributed by atoms with van der Waals surface area (Å²) < 4.78 is 0. The third-order valence-electron chi connectivity index (χ3n) is 3.19. The van der Waals surface area contributed by atoms with Crippen molar-refractivity contribution < 1.29 is 20.4 Å². The molecule has 0 amide bonds. The summed E-state index contributed by atoms with van der Waals surface area (Å²) in [6.07, 6.45) is 0.788. The van der Waals surface area contributed by atoms with Crippen molar-refractivity contribution in [3.63, 3.8) is 0 Å². The van der Waals surface area contributed by atoms with E-state index in [0.29, 0.717) is 13.1 Å².